The molecule has 0 radical (unpaired) electrons. The first kappa shape index (κ1) is 10.5. The summed E-state index contributed by atoms with van der Waals surface area (Å²) in [5, 5.41) is 3.29. The van der Waals surface area contributed by atoms with Crippen molar-refractivity contribution >= 4 is 0 Å². The highest BCUT2D eigenvalue weighted by Gasteiger charge is 2.18. The lowest BCUT2D eigenvalue weighted by Crippen LogP contribution is -2.39. The van der Waals surface area contributed by atoms with Gasteiger partial charge in [0.2, 0.25) is 0 Å². The first-order chi connectivity index (χ1) is 7.40. The van der Waals surface area contributed by atoms with Crippen molar-refractivity contribution in [1.82, 2.24) is 5.32 Å². The van der Waals surface area contributed by atoms with Crippen LogP contribution in [0, 0.1) is 0 Å². The third-order valence-electron chi connectivity index (χ3n) is 2.88. The minimum Gasteiger partial charge on any atom is -0.494 e. The van der Waals surface area contributed by atoms with E-state index in [0.717, 1.165) is 31.9 Å². The van der Waals surface area contributed by atoms with E-state index < -0.39 is 0 Å². The molecule has 82 valence electrons. The molecule has 1 aromatic rings. The number of nitrogens with one attached hydrogen (secondary N) is 1. The van der Waals surface area contributed by atoms with E-state index >= 15 is 0 Å². The SMILES string of the molecule is CCCCOc1cccc(C2CNC2)c1. The van der Waals surface area contributed by atoms with Crippen molar-refractivity contribution in [3.05, 3.63) is 29.8 Å². The number of hydrogen-bond acceptors (Lipinski definition) is 2. The molecule has 0 amide bonds. The van der Waals surface area contributed by atoms with Crippen LogP contribution in [0.15, 0.2) is 24.3 Å². The van der Waals surface area contributed by atoms with Crippen molar-refractivity contribution < 1.29 is 4.74 Å². The lowest BCUT2D eigenvalue weighted by molar-refractivity contribution is 0.308. The number of hydrogen-bond donors (Lipinski definition) is 1. The van der Waals surface area contributed by atoms with Crippen molar-refractivity contribution in [3.63, 3.8) is 0 Å². The summed E-state index contributed by atoms with van der Waals surface area (Å²) in [6.07, 6.45) is 2.32. The molecular formula is C13H19NO. The van der Waals surface area contributed by atoms with Crippen molar-refractivity contribution in [3.8, 4) is 5.75 Å². The summed E-state index contributed by atoms with van der Waals surface area (Å²) in [5.41, 5.74) is 1.41. The highest BCUT2D eigenvalue weighted by atomic mass is 16.5. The molecule has 1 aliphatic rings. The first-order valence-corrected chi connectivity index (χ1v) is 5.83. The smallest absolute Gasteiger partial charge is 0.119 e. The van der Waals surface area contributed by atoms with Gasteiger partial charge >= 0.3 is 0 Å². The second kappa shape index (κ2) is 5.17. The van der Waals surface area contributed by atoms with E-state index in [4.69, 9.17) is 4.74 Å². The minimum atomic E-state index is 0.694. The van der Waals surface area contributed by atoms with Gasteiger partial charge < -0.3 is 10.1 Å². The molecule has 0 aliphatic carbocycles. The molecule has 1 aliphatic heterocycles. The highest BCUT2D eigenvalue weighted by Crippen LogP contribution is 2.23. The zero-order valence-corrected chi connectivity index (χ0v) is 9.33. The molecule has 0 aromatic heterocycles. The molecule has 0 atom stereocenters. The maximum Gasteiger partial charge on any atom is 0.119 e. The largest absolute Gasteiger partial charge is 0.494 e. The zero-order chi connectivity index (χ0) is 10.5. The van der Waals surface area contributed by atoms with Gasteiger partial charge in [0.05, 0.1) is 6.61 Å². The predicted molar refractivity (Wildman–Crippen MR) is 62.5 cm³/mol. The first-order valence-electron chi connectivity index (χ1n) is 5.83. The molecular weight excluding hydrogens is 186 g/mol. The third-order valence-corrected chi connectivity index (χ3v) is 2.88. The van der Waals surface area contributed by atoms with Crippen LogP contribution < -0.4 is 10.1 Å². The third kappa shape index (κ3) is 2.72. The van der Waals surface area contributed by atoms with Crippen molar-refractivity contribution in [2.24, 2.45) is 0 Å². The van der Waals surface area contributed by atoms with Crippen LogP contribution in [0.5, 0.6) is 5.75 Å². The van der Waals surface area contributed by atoms with Gasteiger partial charge in [0.15, 0.2) is 0 Å². The van der Waals surface area contributed by atoms with Gasteiger partial charge in [-0.05, 0) is 24.1 Å². The molecule has 0 spiro atoms. The predicted octanol–water partition coefficient (Wildman–Crippen LogP) is 2.55. The Balaban J connectivity index is 1.92. The Labute approximate surface area is 91.6 Å². The lowest BCUT2D eigenvalue weighted by atomic mass is 9.94. The standard InChI is InChI=1S/C13H19NO/c1-2-3-7-15-13-6-4-5-11(8-13)12-9-14-10-12/h4-6,8,12,14H,2-3,7,9-10H2,1H3. The van der Waals surface area contributed by atoms with Crippen molar-refractivity contribution in [2.75, 3.05) is 19.7 Å². The molecule has 1 heterocycles. The van der Waals surface area contributed by atoms with Crippen LogP contribution >= 0.6 is 0 Å². The zero-order valence-electron chi connectivity index (χ0n) is 9.33. The molecule has 15 heavy (non-hydrogen) atoms. The summed E-state index contributed by atoms with van der Waals surface area (Å²) in [6, 6.07) is 8.51. The highest BCUT2D eigenvalue weighted by molar-refractivity contribution is 5.32. The fourth-order valence-corrected chi connectivity index (χ4v) is 1.72. The fourth-order valence-electron chi connectivity index (χ4n) is 1.72. The molecule has 1 fully saturated rings. The fraction of sp³-hybridized carbons (Fsp3) is 0.538. The summed E-state index contributed by atoms with van der Waals surface area (Å²) in [6.45, 7) is 5.24. The van der Waals surface area contributed by atoms with Gasteiger partial charge in [-0.2, -0.15) is 0 Å². The minimum absolute atomic E-state index is 0.694. The number of ether oxygens (including phenoxy) is 1. The Bertz CT molecular complexity index is 307. The van der Waals surface area contributed by atoms with Crippen LogP contribution in [0.1, 0.15) is 31.2 Å². The van der Waals surface area contributed by atoms with E-state index in [1.54, 1.807) is 0 Å². The second-order valence-corrected chi connectivity index (χ2v) is 4.13. The van der Waals surface area contributed by atoms with Gasteiger partial charge in [-0.15, -0.1) is 0 Å². The number of unbranched alkanes of at least 4 members (excludes halogenated alkanes) is 1. The van der Waals surface area contributed by atoms with Crippen molar-refractivity contribution in [1.29, 1.82) is 0 Å². The molecule has 0 bridgehead atoms. The average Bonchev–Trinajstić information content (AvgIpc) is 2.16. The number of benzene rings is 1. The van der Waals surface area contributed by atoms with E-state index in [1.807, 2.05) is 6.07 Å². The normalized spacial score (nSPS) is 16.1. The van der Waals surface area contributed by atoms with E-state index in [0.29, 0.717) is 5.92 Å². The maximum absolute atomic E-state index is 5.69. The van der Waals surface area contributed by atoms with Crippen LogP contribution in [-0.4, -0.2) is 19.7 Å². The van der Waals surface area contributed by atoms with Crippen LogP contribution in [-0.2, 0) is 0 Å². The Morgan fingerprint density at radius 1 is 1.40 bits per heavy atom. The molecule has 1 N–H and O–H groups in total. The van der Waals surface area contributed by atoms with E-state index in [1.165, 1.54) is 12.0 Å². The van der Waals surface area contributed by atoms with Crippen molar-refractivity contribution in [2.45, 2.75) is 25.7 Å². The van der Waals surface area contributed by atoms with E-state index in [9.17, 15) is 0 Å². The number of rotatable bonds is 5. The van der Waals surface area contributed by atoms with Gasteiger partial charge in [-0.1, -0.05) is 25.5 Å². The van der Waals surface area contributed by atoms with Gasteiger partial charge in [0.1, 0.15) is 5.75 Å². The molecule has 0 saturated carbocycles. The van der Waals surface area contributed by atoms with Gasteiger partial charge in [0.25, 0.3) is 0 Å². The Hall–Kier alpha value is -1.02. The van der Waals surface area contributed by atoms with Crippen LogP contribution in [0.3, 0.4) is 0 Å². The van der Waals surface area contributed by atoms with E-state index in [-0.39, 0.29) is 0 Å². The van der Waals surface area contributed by atoms with Crippen LogP contribution in [0.25, 0.3) is 0 Å². The monoisotopic (exact) mass is 205 g/mol. The van der Waals surface area contributed by atoms with E-state index in [2.05, 4.69) is 30.4 Å². The summed E-state index contributed by atoms with van der Waals surface area (Å²) in [4.78, 5) is 0. The average molecular weight is 205 g/mol. The molecule has 1 saturated heterocycles. The van der Waals surface area contributed by atoms with Gasteiger partial charge in [-0.3, -0.25) is 0 Å². The molecule has 0 unspecified atom stereocenters. The second-order valence-electron chi connectivity index (χ2n) is 4.13. The molecule has 2 nitrogen and oxygen atoms in total. The van der Waals surface area contributed by atoms with Crippen LogP contribution in [0.2, 0.25) is 0 Å². The summed E-state index contributed by atoms with van der Waals surface area (Å²) in [7, 11) is 0. The summed E-state index contributed by atoms with van der Waals surface area (Å²) in [5.74, 6) is 1.72. The van der Waals surface area contributed by atoms with Crippen LogP contribution in [0.4, 0.5) is 0 Å². The summed E-state index contributed by atoms with van der Waals surface area (Å²) >= 11 is 0. The quantitative estimate of drug-likeness (QED) is 0.746. The summed E-state index contributed by atoms with van der Waals surface area (Å²) < 4.78 is 5.69. The molecule has 2 heteroatoms. The maximum atomic E-state index is 5.69. The molecule has 1 aromatic carbocycles. The lowest BCUT2D eigenvalue weighted by Gasteiger charge is -2.27. The van der Waals surface area contributed by atoms with Gasteiger partial charge in [0, 0.05) is 19.0 Å². The topological polar surface area (TPSA) is 21.3 Å². The Morgan fingerprint density at radius 2 is 2.27 bits per heavy atom. The Morgan fingerprint density at radius 3 is 2.93 bits per heavy atom. The Kier molecular flexibility index (Phi) is 3.62. The molecule has 2 rings (SSSR count). The van der Waals surface area contributed by atoms with Gasteiger partial charge in [-0.25, -0.2) is 0 Å².